The number of amides is 1. The van der Waals surface area contributed by atoms with Gasteiger partial charge in [0.2, 0.25) is 5.91 Å². The second-order valence-corrected chi connectivity index (χ2v) is 8.69. The van der Waals surface area contributed by atoms with Crippen LogP contribution in [0.25, 0.3) is 0 Å². The third-order valence-corrected chi connectivity index (χ3v) is 6.72. The Balaban J connectivity index is 1.78. The van der Waals surface area contributed by atoms with Gasteiger partial charge in [0, 0.05) is 12.3 Å². The fourth-order valence-electron chi connectivity index (χ4n) is 5.52. The van der Waals surface area contributed by atoms with Crippen LogP contribution in [0.3, 0.4) is 0 Å². The molecule has 3 aromatic rings. The number of ether oxygens (including phenoxy) is 1. The van der Waals surface area contributed by atoms with Gasteiger partial charge < -0.3 is 9.64 Å². The maximum atomic E-state index is 13.7. The van der Waals surface area contributed by atoms with Crippen LogP contribution in [-0.2, 0) is 15.1 Å². The molecule has 2 heterocycles. The van der Waals surface area contributed by atoms with Gasteiger partial charge in [0.1, 0.15) is 11.3 Å². The van der Waals surface area contributed by atoms with Crippen LogP contribution in [0.5, 0.6) is 0 Å². The number of benzene rings is 3. The van der Waals surface area contributed by atoms with E-state index < -0.39 is 11.3 Å². The summed E-state index contributed by atoms with van der Waals surface area (Å²) in [6.45, 7) is 5.93. The zero-order chi connectivity index (χ0) is 21.5. The summed E-state index contributed by atoms with van der Waals surface area (Å²) in [4.78, 5) is 15.7. The Labute approximate surface area is 184 Å². The van der Waals surface area contributed by atoms with E-state index in [0.29, 0.717) is 12.8 Å². The average Bonchev–Trinajstić information content (AvgIpc) is 3.22. The quantitative estimate of drug-likeness (QED) is 0.495. The molecule has 0 aromatic heterocycles. The van der Waals surface area contributed by atoms with E-state index in [1.54, 1.807) is 0 Å². The number of hydrogen-bond acceptors (Lipinski definition) is 2. The Morgan fingerprint density at radius 2 is 1.45 bits per heavy atom. The molecule has 0 saturated carbocycles. The molecule has 1 amide bonds. The standard InChI is InChI=1S/C28H27NO2/c1-3-13-22-20-27(2)29(26(22)30)25(21-14-7-4-8-15-21)28(31-27,23-16-9-5-10-17-23)24-18-11-6-12-19-24/h3-12,14-19,22,25H,1,13,20H2,2H3/t22-,25+,27-/m1/s1. The molecule has 2 aliphatic heterocycles. The van der Waals surface area contributed by atoms with Gasteiger partial charge in [-0.25, -0.2) is 0 Å². The number of allylic oxidation sites excluding steroid dienone is 1. The number of carbonyl (C=O) groups is 1. The van der Waals surface area contributed by atoms with E-state index in [-0.39, 0.29) is 17.9 Å². The molecule has 156 valence electrons. The number of rotatable bonds is 5. The fraction of sp³-hybridized carbons (Fsp3) is 0.250. The molecule has 0 aliphatic carbocycles. The minimum absolute atomic E-state index is 0.0988. The highest BCUT2D eigenvalue weighted by Gasteiger charge is 2.66. The Hall–Kier alpha value is -3.17. The summed E-state index contributed by atoms with van der Waals surface area (Å²) in [6, 6.07) is 30.7. The molecule has 0 N–H and O–H groups in total. The number of carbonyl (C=O) groups excluding carboxylic acids is 1. The highest BCUT2D eigenvalue weighted by atomic mass is 16.6. The third-order valence-electron chi connectivity index (χ3n) is 6.72. The van der Waals surface area contributed by atoms with Crippen LogP contribution >= 0.6 is 0 Å². The van der Waals surface area contributed by atoms with Crippen LogP contribution < -0.4 is 0 Å². The van der Waals surface area contributed by atoms with Crippen molar-refractivity contribution >= 4 is 5.91 Å². The molecule has 0 spiro atoms. The molecule has 0 unspecified atom stereocenters. The van der Waals surface area contributed by atoms with Crippen molar-refractivity contribution in [3.63, 3.8) is 0 Å². The summed E-state index contributed by atoms with van der Waals surface area (Å²) in [5, 5.41) is 0. The van der Waals surface area contributed by atoms with E-state index in [2.05, 4.69) is 49.9 Å². The molecule has 2 aliphatic rings. The first-order chi connectivity index (χ1) is 15.1. The normalized spacial score (nSPS) is 26.6. The first-order valence-corrected chi connectivity index (χ1v) is 10.9. The van der Waals surface area contributed by atoms with Gasteiger partial charge in [0.05, 0.1) is 6.04 Å². The van der Waals surface area contributed by atoms with Crippen molar-refractivity contribution in [2.75, 3.05) is 0 Å². The molecule has 3 aromatic carbocycles. The van der Waals surface area contributed by atoms with Crippen molar-refractivity contribution in [1.82, 2.24) is 4.90 Å². The topological polar surface area (TPSA) is 29.5 Å². The Morgan fingerprint density at radius 1 is 0.935 bits per heavy atom. The molecule has 2 saturated heterocycles. The van der Waals surface area contributed by atoms with Gasteiger partial charge in [-0.3, -0.25) is 4.79 Å². The molecule has 0 radical (unpaired) electrons. The van der Waals surface area contributed by atoms with Gasteiger partial charge in [-0.05, 0) is 30.0 Å². The van der Waals surface area contributed by atoms with Crippen molar-refractivity contribution in [2.45, 2.75) is 37.1 Å². The van der Waals surface area contributed by atoms with Crippen molar-refractivity contribution in [3.05, 3.63) is 120 Å². The maximum Gasteiger partial charge on any atom is 0.229 e. The van der Waals surface area contributed by atoms with Crippen molar-refractivity contribution in [1.29, 1.82) is 0 Å². The fourth-order valence-corrected chi connectivity index (χ4v) is 5.52. The first kappa shape index (κ1) is 19.8. The Kier molecular flexibility index (Phi) is 4.79. The second kappa shape index (κ2) is 7.51. The monoisotopic (exact) mass is 409 g/mol. The lowest BCUT2D eigenvalue weighted by atomic mass is 9.77. The van der Waals surface area contributed by atoms with Crippen LogP contribution in [0.1, 0.15) is 42.5 Å². The summed E-state index contributed by atoms with van der Waals surface area (Å²) in [5.41, 5.74) is 1.69. The molecule has 3 heteroatoms. The van der Waals surface area contributed by atoms with E-state index in [0.717, 1.165) is 16.7 Å². The minimum atomic E-state index is -0.798. The van der Waals surface area contributed by atoms with Gasteiger partial charge >= 0.3 is 0 Å². The molecule has 3 atom stereocenters. The number of fused-ring (bicyclic) bond motifs is 1. The Bertz CT molecular complexity index is 1040. The van der Waals surface area contributed by atoms with Crippen molar-refractivity contribution in [2.24, 2.45) is 5.92 Å². The minimum Gasteiger partial charge on any atom is -0.337 e. The van der Waals surface area contributed by atoms with Crippen LogP contribution in [0.15, 0.2) is 104 Å². The zero-order valence-corrected chi connectivity index (χ0v) is 17.8. The predicted molar refractivity (Wildman–Crippen MR) is 122 cm³/mol. The summed E-state index contributed by atoms with van der Waals surface area (Å²) in [5.74, 6) is 0.0447. The largest absolute Gasteiger partial charge is 0.337 e. The number of nitrogens with zero attached hydrogens (tertiary/aromatic N) is 1. The molecule has 5 rings (SSSR count). The van der Waals surface area contributed by atoms with E-state index in [1.807, 2.05) is 65.6 Å². The second-order valence-electron chi connectivity index (χ2n) is 8.69. The van der Waals surface area contributed by atoms with Gasteiger partial charge in [-0.15, -0.1) is 6.58 Å². The third kappa shape index (κ3) is 2.95. The lowest BCUT2D eigenvalue weighted by Gasteiger charge is -2.37. The van der Waals surface area contributed by atoms with Gasteiger partial charge in [0.25, 0.3) is 0 Å². The molecule has 3 nitrogen and oxygen atoms in total. The average molecular weight is 410 g/mol. The van der Waals surface area contributed by atoms with Crippen LogP contribution in [0.2, 0.25) is 0 Å². The van der Waals surface area contributed by atoms with E-state index >= 15 is 0 Å². The maximum absolute atomic E-state index is 13.7. The highest BCUT2D eigenvalue weighted by molar-refractivity contribution is 5.83. The van der Waals surface area contributed by atoms with Crippen LogP contribution in [0, 0.1) is 5.92 Å². The summed E-state index contributed by atoms with van der Waals surface area (Å²) >= 11 is 0. The van der Waals surface area contributed by atoms with E-state index in [9.17, 15) is 4.79 Å². The smallest absolute Gasteiger partial charge is 0.229 e. The van der Waals surface area contributed by atoms with Crippen LogP contribution in [0.4, 0.5) is 0 Å². The molecule has 2 fully saturated rings. The number of hydrogen-bond donors (Lipinski definition) is 0. The first-order valence-electron chi connectivity index (χ1n) is 10.9. The zero-order valence-electron chi connectivity index (χ0n) is 17.8. The molecule has 0 bridgehead atoms. The van der Waals surface area contributed by atoms with Gasteiger partial charge in [0.15, 0.2) is 0 Å². The van der Waals surface area contributed by atoms with Gasteiger partial charge in [-0.1, -0.05) is 97.1 Å². The molecular weight excluding hydrogens is 382 g/mol. The highest BCUT2D eigenvalue weighted by Crippen LogP contribution is 2.61. The van der Waals surface area contributed by atoms with Gasteiger partial charge in [-0.2, -0.15) is 0 Å². The summed E-state index contributed by atoms with van der Waals surface area (Å²) in [7, 11) is 0. The predicted octanol–water partition coefficient (Wildman–Crippen LogP) is 5.84. The van der Waals surface area contributed by atoms with Crippen molar-refractivity contribution < 1.29 is 9.53 Å². The summed E-state index contributed by atoms with van der Waals surface area (Å²) < 4.78 is 7.12. The van der Waals surface area contributed by atoms with E-state index in [1.165, 1.54) is 0 Å². The molecular formula is C28H27NO2. The van der Waals surface area contributed by atoms with Crippen molar-refractivity contribution in [3.8, 4) is 0 Å². The Morgan fingerprint density at radius 3 is 1.97 bits per heavy atom. The lowest BCUT2D eigenvalue weighted by molar-refractivity contribution is -0.140. The molecule has 31 heavy (non-hydrogen) atoms. The lowest BCUT2D eigenvalue weighted by Crippen LogP contribution is -2.41. The summed E-state index contributed by atoms with van der Waals surface area (Å²) in [6.07, 6.45) is 3.16. The van der Waals surface area contributed by atoms with E-state index in [4.69, 9.17) is 4.74 Å². The van der Waals surface area contributed by atoms with Crippen LogP contribution in [-0.4, -0.2) is 16.5 Å². The SMILES string of the molecule is C=CC[C@@H]1C[C@@]2(C)OC(c3ccccc3)(c3ccccc3)[C@H](c3ccccc3)N2C1=O.